The average molecular weight is 234 g/mol. The van der Waals surface area contributed by atoms with Crippen LogP contribution in [0.25, 0.3) is 0 Å². The van der Waals surface area contributed by atoms with E-state index >= 15 is 0 Å². The van der Waals surface area contributed by atoms with E-state index < -0.39 is 6.10 Å². The molecule has 0 aliphatic rings. The largest absolute Gasteiger partial charge is 0.396 e. The fourth-order valence-electron chi connectivity index (χ4n) is 1.61. The van der Waals surface area contributed by atoms with Crippen LogP contribution in [0, 0.1) is 11.3 Å². The van der Waals surface area contributed by atoms with Gasteiger partial charge in [-0.3, -0.25) is 0 Å². The Morgan fingerprint density at radius 2 is 2.00 bits per heavy atom. The molecule has 1 aromatic carbocycles. The molecule has 2 N–H and O–H groups in total. The van der Waals surface area contributed by atoms with Crippen molar-refractivity contribution in [1.29, 1.82) is 5.26 Å². The number of benzene rings is 1. The minimum Gasteiger partial charge on any atom is -0.396 e. The van der Waals surface area contributed by atoms with Crippen LogP contribution in [0.15, 0.2) is 24.3 Å². The minimum absolute atomic E-state index is 0.164. The first-order valence-corrected chi connectivity index (χ1v) is 5.65. The molecule has 0 spiro atoms. The Bertz CT molecular complexity index is 370. The van der Waals surface area contributed by atoms with Gasteiger partial charge in [-0.15, -0.1) is 0 Å². The van der Waals surface area contributed by atoms with Crippen LogP contribution >= 0.6 is 0 Å². The zero-order valence-electron chi connectivity index (χ0n) is 10.0. The fourth-order valence-corrected chi connectivity index (χ4v) is 1.61. The quantitative estimate of drug-likeness (QED) is 0.767. The second-order valence-electron chi connectivity index (χ2n) is 4.09. The summed E-state index contributed by atoms with van der Waals surface area (Å²) in [5.74, 6) is 0. The molecule has 92 valence electrons. The number of likely N-dealkylation sites (N-methyl/N-ethyl adjacent to an activating group) is 1. The van der Waals surface area contributed by atoms with Gasteiger partial charge in [0.15, 0.2) is 0 Å². The molecule has 4 nitrogen and oxygen atoms in total. The Morgan fingerprint density at radius 1 is 1.35 bits per heavy atom. The summed E-state index contributed by atoms with van der Waals surface area (Å²) in [6.45, 7) is 1.44. The van der Waals surface area contributed by atoms with Crippen molar-refractivity contribution in [2.24, 2.45) is 0 Å². The number of aliphatic hydroxyl groups is 2. The summed E-state index contributed by atoms with van der Waals surface area (Å²) in [7, 11) is 1.91. The molecule has 0 amide bonds. The van der Waals surface area contributed by atoms with Gasteiger partial charge in [0.1, 0.15) is 0 Å². The smallest absolute Gasteiger partial charge is 0.0991 e. The molecule has 1 aromatic rings. The van der Waals surface area contributed by atoms with Crippen LogP contribution in [0.2, 0.25) is 0 Å². The normalized spacial score (nSPS) is 12.4. The number of aliphatic hydroxyl groups excluding tert-OH is 2. The van der Waals surface area contributed by atoms with E-state index in [1.165, 1.54) is 0 Å². The highest BCUT2D eigenvalue weighted by atomic mass is 16.3. The van der Waals surface area contributed by atoms with E-state index in [-0.39, 0.29) is 6.61 Å². The van der Waals surface area contributed by atoms with Gasteiger partial charge in [0.05, 0.1) is 17.7 Å². The zero-order chi connectivity index (χ0) is 12.7. The van der Waals surface area contributed by atoms with Gasteiger partial charge in [-0.25, -0.2) is 0 Å². The number of hydrogen-bond acceptors (Lipinski definition) is 4. The Hall–Kier alpha value is -1.41. The molecule has 0 aliphatic heterocycles. The van der Waals surface area contributed by atoms with E-state index in [1.807, 2.05) is 18.0 Å². The molecule has 0 bridgehead atoms. The molecule has 0 saturated heterocycles. The first-order valence-electron chi connectivity index (χ1n) is 5.65. The summed E-state index contributed by atoms with van der Waals surface area (Å²) in [6, 6.07) is 8.98. The Labute approximate surface area is 102 Å². The third-order valence-corrected chi connectivity index (χ3v) is 2.61. The molecule has 0 saturated carbocycles. The molecule has 0 aliphatic carbocycles. The van der Waals surface area contributed by atoms with Gasteiger partial charge < -0.3 is 15.1 Å². The molecule has 1 atom stereocenters. The van der Waals surface area contributed by atoms with Crippen molar-refractivity contribution in [2.45, 2.75) is 12.5 Å². The standard InChI is InChI=1S/C13H18N2O2/c1-15(7-2-8-16)10-13(17)12-5-3-11(9-14)4-6-12/h3-6,13,16-17H,2,7-8,10H2,1H3. The van der Waals surface area contributed by atoms with Gasteiger partial charge in [-0.1, -0.05) is 12.1 Å². The van der Waals surface area contributed by atoms with Crippen LogP contribution in [0.4, 0.5) is 0 Å². The molecule has 1 rings (SSSR count). The van der Waals surface area contributed by atoms with Crippen LogP contribution in [-0.4, -0.2) is 41.9 Å². The Kier molecular flexibility index (Phi) is 5.64. The zero-order valence-corrected chi connectivity index (χ0v) is 10.0. The molecule has 17 heavy (non-hydrogen) atoms. The number of hydrogen-bond donors (Lipinski definition) is 2. The predicted molar refractivity (Wildman–Crippen MR) is 65.3 cm³/mol. The topological polar surface area (TPSA) is 67.5 Å². The van der Waals surface area contributed by atoms with Crippen molar-refractivity contribution in [3.05, 3.63) is 35.4 Å². The lowest BCUT2D eigenvalue weighted by atomic mass is 10.1. The van der Waals surface area contributed by atoms with Gasteiger partial charge >= 0.3 is 0 Å². The van der Waals surface area contributed by atoms with E-state index in [4.69, 9.17) is 10.4 Å². The monoisotopic (exact) mass is 234 g/mol. The Morgan fingerprint density at radius 3 is 2.53 bits per heavy atom. The maximum Gasteiger partial charge on any atom is 0.0991 e. The maximum absolute atomic E-state index is 9.97. The maximum atomic E-state index is 9.97. The van der Waals surface area contributed by atoms with Crippen molar-refractivity contribution >= 4 is 0 Å². The molecular weight excluding hydrogens is 216 g/mol. The second kappa shape index (κ2) is 7.02. The van der Waals surface area contributed by atoms with Crippen LogP contribution in [0.1, 0.15) is 23.7 Å². The van der Waals surface area contributed by atoms with Crippen LogP contribution in [0.3, 0.4) is 0 Å². The number of nitrogens with zero attached hydrogens (tertiary/aromatic N) is 2. The lowest BCUT2D eigenvalue weighted by Crippen LogP contribution is -2.26. The number of nitriles is 1. The van der Waals surface area contributed by atoms with E-state index in [0.717, 1.165) is 12.1 Å². The van der Waals surface area contributed by atoms with Gasteiger partial charge in [-0.2, -0.15) is 5.26 Å². The lowest BCUT2D eigenvalue weighted by Gasteiger charge is -2.20. The van der Waals surface area contributed by atoms with E-state index in [0.29, 0.717) is 18.5 Å². The number of rotatable bonds is 6. The van der Waals surface area contributed by atoms with Crippen molar-refractivity contribution in [3.63, 3.8) is 0 Å². The summed E-state index contributed by atoms with van der Waals surface area (Å²) in [5, 5.41) is 27.3. The summed E-state index contributed by atoms with van der Waals surface area (Å²) in [5.41, 5.74) is 1.40. The van der Waals surface area contributed by atoms with Crippen molar-refractivity contribution in [1.82, 2.24) is 4.90 Å². The minimum atomic E-state index is -0.563. The fraction of sp³-hybridized carbons (Fsp3) is 0.462. The molecular formula is C13H18N2O2. The Balaban J connectivity index is 2.51. The van der Waals surface area contributed by atoms with E-state index in [9.17, 15) is 5.11 Å². The highest BCUT2D eigenvalue weighted by Gasteiger charge is 2.10. The van der Waals surface area contributed by atoms with Crippen molar-refractivity contribution in [3.8, 4) is 6.07 Å². The summed E-state index contributed by atoms with van der Waals surface area (Å²) >= 11 is 0. The van der Waals surface area contributed by atoms with Crippen molar-refractivity contribution < 1.29 is 10.2 Å². The third-order valence-electron chi connectivity index (χ3n) is 2.61. The summed E-state index contributed by atoms with van der Waals surface area (Å²) in [6.07, 6.45) is 0.141. The third kappa shape index (κ3) is 4.53. The molecule has 0 radical (unpaired) electrons. The SMILES string of the molecule is CN(CCCO)CC(O)c1ccc(C#N)cc1. The van der Waals surface area contributed by atoms with Gasteiger partial charge in [0.25, 0.3) is 0 Å². The van der Waals surface area contributed by atoms with Crippen LogP contribution in [-0.2, 0) is 0 Å². The van der Waals surface area contributed by atoms with Crippen LogP contribution in [0.5, 0.6) is 0 Å². The molecule has 0 heterocycles. The lowest BCUT2D eigenvalue weighted by molar-refractivity contribution is 0.122. The first-order chi connectivity index (χ1) is 8.17. The highest BCUT2D eigenvalue weighted by Crippen LogP contribution is 2.14. The molecule has 4 heteroatoms. The highest BCUT2D eigenvalue weighted by molar-refractivity contribution is 5.32. The molecule has 1 unspecified atom stereocenters. The van der Waals surface area contributed by atoms with Gasteiger partial charge in [0.2, 0.25) is 0 Å². The first kappa shape index (κ1) is 13.7. The van der Waals surface area contributed by atoms with E-state index in [2.05, 4.69) is 0 Å². The second-order valence-corrected chi connectivity index (χ2v) is 4.09. The summed E-state index contributed by atoms with van der Waals surface area (Å²) in [4.78, 5) is 1.97. The molecule has 0 fully saturated rings. The molecule has 0 aromatic heterocycles. The van der Waals surface area contributed by atoms with E-state index in [1.54, 1.807) is 24.3 Å². The predicted octanol–water partition coefficient (Wildman–Crippen LogP) is 0.906. The van der Waals surface area contributed by atoms with Crippen LogP contribution < -0.4 is 0 Å². The van der Waals surface area contributed by atoms with Gasteiger partial charge in [-0.05, 0) is 31.2 Å². The van der Waals surface area contributed by atoms with Gasteiger partial charge in [0, 0.05) is 19.7 Å². The average Bonchev–Trinajstić information content (AvgIpc) is 2.36. The summed E-state index contributed by atoms with van der Waals surface area (Å²) < 4.78 is 0. The van der Waals surface area contributed by atoms with Crippen molar-refractivity contribution in [2.75, 3.05) is 26.7 Å².